The summed E-state index contributed by atoms with van der Waals surface area (Å²) < 4.78 is 8.56. The number of hydrogen-bond acceptors (Lipinski definition) is 4. The van der Waals surface area contributed by atoms with Crippen molar-refractivity contribution in [1.29, 1.82) is 0 Å². The fourth-order valence-electron chi connectivity index (χ4n) is 3.80. The maximum Gasteiger partial charge on any atom is 0.346 e. The molecule has 4 aromatic rings. The summed E-state index contributed by atoms with van der Waals surface area (Å²) in [7, 11) is 0. The lowest BCUT2D eigenvalue weighted by Gasteiger charge is -2.06. The molecule has 2 heterocycles. The molecular formula is C25H24N4O3. The zero-order chi connectivity index (χ0) is 21.9. The third kappa shape index (κ3) is 4.27. The molecule has 1 aliphatic rings. The van der Waals surface area contributed by atoms with Gasteiger partial charge in [-0.1, -0.05) is 54.6 Å². The maximum atomic E-state index is 12.8. The number of nitrogens with one attached hydrogen (secondary N) is 1. The quantitative estimate of drug-likeness (QED) is 0.464. The van der Waals surface area contributed by atoms with Crippen LogP contribution in [0.3, 0.4) is 0 Å². The third-order valence-electron chi connectivity index (χ3n) is 5.60. The van der Waals surface area contributed by atoms with E-state index in [1.807, 2.05) is 42.5 Å². The highest BCUT2D eigenvalue weighted by molar-refractivity contribution is 5.78. The first-order valence-corrected chi connectivity index (χ1v) is 10.8. The number of amides is 1. The van der Waals surface area contributed by atoms with E-state index in [-0.39, 0.29) is 24.1 Å². The molecule has 7 heteroatoms. The highest BCUT2D eigenvalue weighted by Crippen LogP contribution is 2.36. The van der Waals surface area contributed by atoms with Gasteiger partial charge in [-0.25, -0.2) is 9.48 Å². The monoisotopic (exact) mass is 428 g/mol. The first-order valence-electron chi connectivity index (χ1n) is 10.8. The maximum absolute atomic E-state index is 12.8. The molecule has 0 aliphatic heterocycles. The van der Waals surface area contributed by atoms with E-state index in [2.05, 4.69) is 22.5 Å². The number of hydrogen-bond donors (Lipinski definition) is 1. The van der Waals surface area contributed by atoms with Crippen LogP contribution in [0.2, 0.25) is 0 Å². The normalized spacial score (nSPS) is 13.2. The molecule has 1 aliphatic carbocycles. The lowest BCUT2D eigenvalue weighted by Crippen LogP contribution is -2.32. The lowest BCUT2D eigenvalue weighted by atomic mass is 10.0. The van der Waals surface area contributed by atoms with E-state index < -0.39 is 0 Å². The van der Waals surface area contributed by atoms with Gasteiger partial charge in [-0.05, 0) is 41.7 Å². The SMILES string of the molecule is O=C(Cc1ccc(-c2ccccc2)cc1)NCCn1nc(-c2ccco2)n(C2CC2)c1=O. The van der Waals surface area contributed by atoms with Gasteiger partial charge < -0.3 is 9.73 Å². The van der Waals surface area contributed by atoms with Gasteiger partial charge >= 0.3 is 5.69 Å². The van der Waals surface area contributed by atoms with Crippen molar-refractivity contribution in [3.05, 3.63) is 89.0 Å². The van der Waals surface area contributed by atoms with Gasteiger partial charge in [-0.3, -0.25) is 9.36 Å². The van der Waals surface area contributed by atoms with Crippen molar-refractivity contribution in [2.75, 3.05) is 6.54 Å². The molecule has 32 heavy (non-hydrogen) atoms. The van der Waals surface area contributed by atoms with Crippen LogP contribution in [0, 0.1) is 0 Å². The van der Waals surface area contributed by atoms with E-state index >= 15 is 0 Å². The van der Waals surface area contributed by atoms with Crippen LogP contribution in [0.25, 0.3) is 22.7 Å². The standard InChI is InChI=1S/C25H24N4O3/c30-23(17-18-8-10-20(11-9-18)19-5-2-1-3-6-19)26-14-15-28-25(31)29(21-12-13-21)24(27-28)22-7-4-16-32-22/h1-11,16,21H,12-15,17H2,(H,26,30). The summed E-state index contributed by atoms with van der Waals surface area (Å²) >= 11 is 0. The number of rotatable bonds is 8. The summed E-state index contributed by atoms with van der Waals surface area (Å²) in [5.74, 6) is 1.04. The molecule has 1 fully saturated rings. The van der Waals surface area contributed by atoms with Gasteiger partial charge in [0.25, 0.3) is 0 Å². The topological polar surface area (TPSA) is 82.1 Å². The second-order valence-electron chi connectivity index (χ2n) is 8.00. The Bertz CT molecular complexity index is 1250. The Hall–Kier alpha value is -3.87. The smallest absolute Gasteiger partial charge is 0.346 e. The minimum atomic E-state index is -0.162. The summed E-state index contributed by atoms with van der Waals surface area (Å²) in [4.78, 5) is 25.2. The molecule has 7 nitrogen and oxygen atoms in total. The molecule has 162 valence electrons. The van der Waals surface area contributed by atoms with E-state index in [9.17, 15) is 9.59 Å². The van der Waals surface area contributed by atoms with Crippen molar-refractivity contribution < 1.29 is 9.21 Å². The average Bonchev–Trinajstić information content (AvgIpc) is 3.39. The molecule has 0 saturated heterocycles. The van der Waals surface area contributed by atoms with Crippen LogP contribution in [0.4, 0.5) is 0 Å². The average molecular weight is 428 g/mol. The van der Waals surface area contributed by atoms with Gasteiger partial charge in [0.15, 0.2) is 5.76 Å². The molecule has 0 unspecified atom stereocenters. The van der Waals surface area contributed by atoms with E-state index in [1.165, 1.54) is 4.68 Å². The largest absolute Gasteiger partial charge is 0.461 e. The summed E-state index contributed by atoms with van der Waals surface area (Å²) in [5.41, 5.74) is 3.04. The molecule has 1 saturated carbocycles. The van der Waals surface area contributed by atoms with E-state index in [4.69, 9.17) is 4.42 Å². The van der Waals surface area contributed by atoms with Crippen LogP contribution < -0.4 is 11.0 Å². The Morgan fingerprint density at radius 3 is 2.44 bits per heavy atom. The van der Waals surface area contributed by atoms with E-state index in [0.29, 0.717) is 24.7 Å². The third-order valence-corrected chi connectivity index (χ3v) is 5.60. The lowest BCUT2D eigenvalue weighted by molar-refractivity contribution is -0.120. The Balaban J connectivity index is 1.19. The van der Waals surface area contributed by atoms with Crippen molar-refractivity contribution in [3.63, 3.8) is 0 Å². The predicted molar refractivity (Wildman–Crippen MR) is 121 cm³/mol. The van der Waals surface area contributed by atoms with Crippen molar-refractivity contribution in [2.45, 2.75) is 31.8 Å². The Labute approximate surface area is 185 Å². The molecule has 1 N–H and O–H groups in total. The number of benzene rings is 2. The van der Waals surface area contributed by atoms with Gasteiger partial charge in [0, 0.05) is 12.6 Å². The van der Waals surface area contributed by atoms with Crippen LogP contribution in [0.15, 0.2) is 82.2 Å². The molecule has 0 atom stereocenters. The van der Waals surface area contributed by atoms with Gasteiger partial charge in [0.1, 0.15) is 0 Å². The van der Waals surface area contributed by atoms with E-state index in [0.717, 1.165) is 29.5 Å². The van der Waals surface area contributed by atoms with E-state index in [1.54, 1.807) is 23.0 Å². The number of nitrogens with zero attached hydrogens (tertiary/aromatic N) is 3. The minimum Gasteiger partial charge on any atom is -0.461 e. The second kappa shape index (κ2) is 8.70. The number of carbonyl (C=O) groups is 1. The Morgan fingerprint density at radius 1 is 1.00 bits per heavy atom. The zero-order valence-corrected chi connectivity index (χ0v) is 17.6. The predicted octanol–water partition coefficient (Wildman–Crippen LogP) is 3.67. The summed E-state index contributed by atoms with van der Waals surface area (Å²) in [6.07, 6.45) is 3.80. The first-order chi connectivity index (χ1) is 15.7. The molecule has 2 aromatic heterocycles. The van der Waals surface area contributed by atoms with Crippen molar-refractivity contribution in [3.8, 4) is 22.7 Å². The fraction of sp³-hybridized carbons (Fsp3) is 0.240. The Morgan fingerprint density at radius 2 is 1.75 bits per heavy atom. The molecule has 0 bridgehead atoms. The van der Waals surface area contributed by atoms with Crippen LogP contribution in [0.1, 0.15) is 24.4 Å². The summed E-state index contributed by atoms with van der Waals surface area (Å²) in [5, 5.41) is 7.35. The molecule has 1 amide bonds. The van der Waals surface area contributed by atoms with Crippen LogP contribution in [0.5, 0.6) is 0 Å². The molecule has 0 spiro atoms. The number of aromatic nitrogens is 3. The number of carbonyl (C=O) groups excluding carboxylic acids is 1. The molecular weight excluding hydrogens is 404 g/mol. The van der Waals surface area contributed by atoms with Crippen LogP contribution >= 0.6 is 0 Å². The van der Waals surface area contributed by atoms with Crippen molar-refractivity contribution in [2.24, 2.45) is 0 Å². The second-order valence-corrected chi connectivity index (χ2v) is 8.00. The van der Waals surface area contributed by atoms with Crippen molar-refractivity contribution in [1.82, 2.24) is 19.7 Å². The minimum absolute atomic E-state index is 0.0848. The highest BCUT2D eigenvalue weighted by atomic mass is 16.3. The van der Waals surface area contributed by atoms with Crippen LogP contribution in [-0.4, -0.2) is 26.8 Å². The van der Waals surface area contributed by atoms with Gasteiger partial charge in [-0.15, -0.1) is 5.10 Å². The fourth-order valence-corrected chi connectivity index (χ4v) is 3.80. The van der Waals surface area contributed by atoms with Gasteiger partial charge in [-0.2, -0.15) is 0 Å². The van der Waals surface area contributed by atoms with Crippen molar-refractivity contribution >= 4 is 5.91 Å². The summed E-state index contributed by atoms with van der Waals surface area (Å²) in [6, 6.07) is 21.9. The zero-order valence-electron chi connectivity index (χ0n) is 17.6. The molecule has 0 radical (unpaired) electrons. The highest BCUT2D eigenvalue weighted by Gasteiger charge is 2.31. The molecule has 5 rings (SSSR count). The van der Waals surface area contributed by atoms with Gasteiger partial charge in [0.2, 0.25) is 11.7 Å². The van der Waals surface area contributed by atoms with Crippen LogP contribution in [-0.2, 0) is 17.8 Å². The first kappa shape index (κ1) is 20.1. The molecule has 2 aromatic carbocycles. The Kier molecular flexibility index (Phi) is 5.46. The van der Waals surface area contributed by atoms with Gasteiger partial charge in [0.05, 0.1) is 19.2 Å². The summed E-state index contributed by atoms with van der Waals surface area (Å²) in [6.45, 7) is 0.644. The number of furan rings is 1.